The van der Waals surface area contributed by atoms with Crippen LogP contribution in [0.25, 0.3) is 0 Å². The van der Waals surface area contributed by atoms with Crippen LogP contribution in [-0.2, 0) is 4.79 Å². The minimum Gasteiger partial charge on any atom is -0.486 e. The monoisotopic (exact) mass is 474 g/mol. The molecule has 0 spiro atoms. The molecule has 3 aromatic carbocycles. The Hall–Kier alpha value is -3.18. The van der Waals surface area contributed by atoms with Gasteiger partial charge in [-0.1, -0.05) is 56.3 Å². The number of halogens is 1. The Labute approximate surface area is 208 Å². The highest BCUT2D eigenvalue weighted by atomic mass is 19.1. The largest absolute Gasteiger partial charge is 0.486 e. The summed E-state index contributed by atoms with van der Waals surface area (Å²) < 4.78 is 19.6. The van der Waals surface area contributed by atoms with Crippen molar-refractivity contribution in [3.63, 3.8) is 0 Å². The maximum Gasteiger partial charge on any atom is 0.226 e. The number of amides is 1. The van der Waals surface area contributed by atoms with Gasteiger partial charge in [-0.2, -0.15) is 0 Å². The van der Waals surface area contributed by atoms with Crippen molar-refractivity contribution in [2.24, 2.45) is 5.92 Å². The van der Waals surface area contributed by atoms with Gasteiger partial charge in [0.05, 0.1) is 0 Å². The highest BCUT2D eigenvalue weighted by molar-refractivity contribution is 5.92. The van der Waals surface area contributed by atoms with Crippen molar-refractivity contribution in [1.82, 2.24) is 4.90 Å². The van der Waals surface area contributed by atoms with E-state index in [-0.39, 0.29) is 23.7 Å². The van der Waals surface area contributed by atoms with E-state index in [2.05, 4.69) is 34.5 Å². The van der Waals surface area contributed by atoms with Gasteiger partial charge in [0.1, 0.15) is 17.7 Å². The van der Waals surface area contributed by atoms with Gasteiger partial charge in [-0.25, -0.2) is 4.39 Å². The minimum absolute atomic E-state index is 0.0337. The molecular weight excluding hydrogens is 439 g/mol. The lowest BCUT2D eigenvalue weighted by atomic mass is 9.89. The Bertz CT molecular complexity index is 1080. The number of likely N-dealkylation sites (tertiary alicyclic amines) is 1. The van der Waals surface area contributed by atoms with Crippen molar-refractivity contribution in [1.29, 1.82) is 0 Å². The lowest BCUT2D eigenvalue weighted by Gasteiger charge is -2.33. The maximum absolute atomic E-state index is 13.3. The molecule has 1 fully saturated rings. The molecule has 35 heavy (non-hydrogen) atoms. The van der Waals surface area contributed by atoms with Gasteiger partial charge >= 0.3 is 0 Å². The second kappa shape index (κ2) is 12.0. The number of benzene rings is 3. The molecule has 1 amide bonds. The molecule has 1 atom stereocenters. The van der Waals surface area contributed by atoms with E-state index in [1.165, 1.54) is 17.7 Å². The number of anilines is 1. The molecule has 1 unspecified atom stereocenters. The molecule has 1 aliphatic heterocycles. The van der Waals surface area contributed by atoms with Gasteiger partial charge in [-0.15, -0.1) is 0 Å². The van der Waals surface area contributed by atoms with Crippen LogP contribution in [0, 0.1) is 11.7 Å². The highest BCUT2D eigenvalue weighted by Crippen LogP contribution is 2.31. The summed E-state index contributed by atoms with van der Waals surface area (Å²) in [5.41, 5.74) is 3.31. The number of nitrogens with zero attached hydrogens (tertiary/aromatic N) is 1. The second-order valence-corrected chi connectivity index (χ2v) is 9.65. The van der Waals surface area contributed by atoms with Crippen LogP contribution in [-0.4, -0.2) is 30.4 Å². The predicted molar refractivity (Wildman–Crippen MR) is 139 cm³/mol. The van der Waals surface area contributed by atoms with Crippen molar-refractivity contribution >= 4 is 11.6 Å². The summed E-state index contributed by atoms with van der Waals surface area (Å²) in [5, 5.41) is 3.02. The third-order valence-electron chi connectivity index (χ3n) is 6.71. The second-order valence-electron chi connectivity index (χ2n) is 9.65. The summed E-state index contributed by atoms with van der Waals surface area (Å²) >= 11 is 0. The number of nitrogens with one attached hydrogen (secondary N) is 1. The van der Waals surface area contributed by atoms with Crippen molar-refractivity contribution in [3.05, 3.63) is 95.8 Å². The molecule has 0 radical (unpaired) electrons. The van der Waals surface area contributed by atoms with E-state index < -0.39 is 0 Å². The van der Waals surface area contributed by atoms with Gasteiger partial charge in [0.15, 0.2) is 0 Å². The predicted octanol–water partition coefficient (Wildman–Crippen LogP) is 6.81. The summed E-state index contributed by atoms with van der Waals surface area (Å²) in [4.78, 5) is 14.6. The summed E-state index contributed by atoms with van der Waals surface area (Å²) in [5.74, 6) is 0.941. The molecule has 1 saturated heterocycles. The van der Waals surface area contributed by atoms with Gasteiger partial charge in [0.2, 0.25) is 5.91 Å². The van der Waals surface area contributed by atoms with Crippen molar-refractivity contribution < 1.29 is 13.9 Å². The van der Waals surface area contributed by atoms with Gasteiger partial charge in [0.25, 0.3) is 0 Å². The molecule has 1 N–H and O–H groups in total. The first-order valence-corrected chi connectivity index (χ1v) is 12.6. The molecule has 1 aliphatic rings. The van der Waals surface area contributed by atoms with Gasteiger partial charge in [-0.3, -0.25) is 4.79 Å². The average molecular weight is 475 g/mol. The zero-order valence-electron chi connectivity index (χ0n) is 20.6. The Balaban J connectivity index is 1.32. The number of piperidine rings is 1. The van der Waals surface area contributed by atoms with E-state index in [4.69, 9.17) is 4.74 Å². The number of carbonyl (C=O) groups is 1. The molecule has 4 rings (SSSR count). The zero-order chi connectivity index (χ0) is 24.6. The molecule has 1 heterocycles. The van der Waals surface area contributed by atoms with E-state index >= 15 is 0 Å². The van der Waals surface area contributed by atoms with Crippen molar-refractivity contribution in [2.75, 3.05) is 25.0 Å². The van der Waals surface area contributed by atoms with E-state index in [0.717, 1.165) is 50.1 Å². The molecule has 0 saturated carbocycles. The lowest BCUT2D eigenvalue weighted by Crippen LogP contribution is -2.34. The number of hydrogen-bond donors (Lipinski definition) is 1. The molecule has 3 aromatic rings. The summed E-state index contributed by atoms with van der Waals surface area (Å²) in [6, 6.07) is 24.8. The van der Waals surface area contributed by atoms with Crippen LogP contribution in [0.15, 0.2) is 78.9 Å². The first-order chi connectivity index (χ1) is 17.0. The van der Waals surface area contributed by atoms with Gasteiger partial charge in [0, 0.05) is 24.6 Å². The Kier molecular flexibility index (Phi) is 8.54. The number of rotatable bonds is 9. The SMILES string of the molecule is CC(C)C(=O)Nc1cccc(C2CCN(CCC(Oc3ccc(F)cc3)c3ccccc3)CC2)c1. The molecular formula is C30H35FN2O2. The lowest BCUT2D eigenvalue weighted by molar-refractivity contribution is -0.118. The first-order valence-electron chi connectivity index (χ1n) is 12.6. The quantitative estimate of drug-likeness (QED) is 0.370. The number of carbonyl (C=O) groups excluding carboxylic acids is 1. The van der Waals surface area contributed by atoms with E-state index in [1.807, 2.05) is 44.2 Å². The Morgan fingerprint density at radius 3 is 2.40 bits per heavy atom. The van der Waals surface area contributed by atoms with Crippen molar-refractivity contribution in [2.45, 2.75) is 45.1 Å². The van der Waals surface area contributed by atoms with Crippen LogP contribution in [0.3, 0.4) is 0 Å². The molecule has 0 aliphatic carbocycles. The normalized spacial score (nSPS) is 15.7. The summed E-state index contributed by atoms with van der Waals surface area (Å²) in [7, 11) is 0. The van der Waals surface area contributed by atoms with Crippen molar-refractivity contribution in [3.8, 4) is 5.75 Å². The van der Waals surface area contributed by atoms with Crippen LogP contribution < -0.4 is 10.1 Å². The van der Waals surface area contributed by atoms with E-state index in [9.17, 15) is 9.18 Å². The fraction of sp³-hybridized carbons (Fsp3) is 0.367. The Morgan fingerprint density at radius 2 is 1.71 bits per heavy atom. The van der Waals surface area contributed by atoms with Crippen LogP contribution in [0.5, 0.6) is 5.75 Å². The molecule has 5 heteroatoms. The third kappa shape index (κ3) is 7.15. The van der Waals surface area contributed by atoms with Crippen LogP contribution in [0.4, 0.5) is 10.1 Å². The van der Waals surface area contributed by atoms with Gasteiger partial charge < -0.3 is 15.0 Å². The first kappa shape index (κ1) is 24.9. The number of ether oxygens (including phenoxy) is 1. The van der Waals surface area contributed by atoms with Crippen LogP contribution >= 0.6 is 0 Å². The summed E-state index contributed by atoms with van der Waals surface area (Å²) in [6.07, 6.45) is 2.97. The smallest absolute Gasteiger partial charge is 0.226 e. The minimum atomic E-state index is -0.260. The molecule has 4 nitrogen and oxygen atoms in total. The fourth-order valence-corrected chi connectivity index (χ4v) is 4.59. The topological polar surface area (TPSA) is 41.6 Å². The van der Waals surface area contributed by atoms with E-state index in [0.29, 0.717) is 11.7 Å². The molecule has 184 valence electrons. The van der Waals surface area contributed by atoms with E-state index in [1.54, 1.807) is 12.1 Å². The zero-order valence-corrected chi connectivity index (χ0v) is 20.6. The molecule has 0 aromatic heterocycles. The average Bonchev–Trinajstić information content (AvgIpc) is 2.88. The fourth-order valence-electron chi connectivity index (χ4n) is 4.59. The van der Waals surface area contributed by atoms with Crippen LogP contribution in [0.2, 0.25) is 0 Å². The molecule has 0 bridgehead atoms. The van der Waals surface area contributed by atoms with Gasteiger partial charge in [-0.05, 0) is 79.4 Å². The third-order valence-corrected chi connectivity index (χ3v) is 6.71. The standard InChI is InChI=1S/C30H35FN2O2/c1-22(2)30(34)32-27-10-6-9-25(21-27)23-15-18-33(19-16-23)20-17-29(24-7-4-3-5-8-24)35-28-13-11-26(31)12-14-28/h3-14,21-23,29H,15-20H2,1-2H3,(H,32,34). The van der Waals surface area contributed by atoms with Crippen LogP contribution in [0.1, 0.15) is 56.3 Å². The highest BCUT2D eigenvalue weighted by Gasteiger charge is 2.23. The maximum atomic E-state index is 13.3. The Morgan fingerprint density at radius 1 is 1.00 bits per heavy atom. The number of hydrogen-bond acceptors (Lipinski definition) is 3. The summed E-state index contributed by atoms with van der Waals surface area (Å²) in [6.45, 7) is 6.82.